The van der Waals surface area contributed by atoms with Crippen molar-refractivity contribution in [1.29, 1.82) is 0 Å². The number of thiocarbonyl (C=S) groups is 1. The molecule has 31 heavy (non-hydrogen) atoms. The fourth-order valence-corrected chi connectivity index (χ4v) is 4.00. The lowest BCUT2D eigenvalue weighted by Gasteiger charge is -2.37. The zero-order valence-electron chi connectivity index (χ0n) is 18.0. The van der Waals surface area contributed by atoms with Crippen LogP contribution in [0.1, 0.15) is 36.4 Å². The van der Waals surface area contributed by atoms with Crippen molar-refractivity contribution < 1.29 is 19.0 Å². The zero-order chi connectivity index (χ0) is 22.2. The lowest BCUT2D eigenvalue weighted by atomic mass is 9.97. The Labute approximate surface area is 188 Å². The quantitative estimate of drug-likeness (QED) is 0.541. The molecule has 8 heteroatoms. The molecule has 0 saturated carbocycles. The van der Waals surface area contributed by atoms with E-state index in [9.17, 15) is 4.79 Å². The van der Waals surface area contributed by atoms with Crippen LogP contribution in [0.25, 0.3) is 6.08 Å². The molecule has 0 bridgehead atoms. The molecule has 1 aromatic heterocycles. The first-order valence-corrected chi connectivity index (χ1v) is 10.5. The number of ether oxygens (including phenoxy) is 3. The standard InChI is InChI=1S/C23H27N3O4S/c1-28-19-13-16(14-20(29-2)22(19)30-3)9-10-21(27)25-23(31)26-12-5-4-8-18(26)17-7-6-11-24-15-17/h6-7,9-11,13-15,18H,4-5,8,12H2,1-3H3,(H,25,27,31)/b10-9+. The molecular weight excluding hydrogens is 414 g/mol. The Balaban J connectivity index is 1.70. The van der Waals surface area contributed by atoms with Crippen molar-refractivity contribution in [2.45, 2.75) is 25.3 Å². The lowest BCUT2D eigenvalue weighted by molar-refractivity contribution is -0.115. The summed E-state index contributed by atoms with van der Waals surface area (Å²) in [5.41, 5.74) is 1.84. The molecule has 1 unspecified atom stereocenters. The Morgan fingerprint density at radius 1 is 1.19 bits per heavy atom. The average molecular weight is 442 g/mol. The number of methoxy groups -OCH3 is 3. The Bertz CT molecular complexity index is 924. The van der Waals surface area contributed by atoms with E-state index in [1.54, 1.807) is 45.7 Å². The third-order valence-electron chi connectivity index (χ3n) is 5.18. The molecule has 164 valence electrons. The fraction of sp³-hybridized carbons (Fsp3) is 0.348. The van der Waals surface area contributed by atoms with Crippen molar-refractivity contribution in [3.8, 4) is 17.2 Å². The van der Waals surface area contributed by atoms with Crippen LogP contribution in [0, 0.1) is 0 Å². The van der Waals surface area contributed by atoms with E-state index in [2.05, 4.69) is 15.2 Å². The van der Waals surface area contributed by atoms with Gasteiger partial charge in [-0.05, 0) is 66.9 Å². The van der Waals surface area contributed by atoms with E-state index >= 15 is 0 Å². The first-order valence-electron chi connectivity index (χ1n) is 10.1. The van der Waals surface area contributed by atoms with Gasteiger partial charge in [-0.1, -0.05) is 6.07 Å². The number of amides is 1. The predicted octanol–water partition coefficient (Wildman–Crippen LogP) is 3.75. The van der Waals surface area contributed by atoms with Crippen LogP contribution in [0.15, 0.2) is 42.7 Å². The van der Waals surface area contributed by atoms with Crippen molar-refractivity contribution in [2.24, 2.45) is 0 Å². The molecule has 1 aliphatic rings. The molecule has 0 spiro atoms. The molecule has 2 aromatic rings. The monoisotopic (exact) mass is 441 g/mol. The van der Waals surface area contributed by atoms with Crippen LogP contribution >= 0.6 is 12.2 Å². The van der Waals surface area contributed by atoms with Gasteiger partial charge in [0.2, 0.25) is 11.7 Å². The summed E-state index contributed by atoms with van der Waals surface area (Å²) in [4.78, 5) is 18.8. The maximum absolute atomic E-state index is 12.5. The highest BCUT2D eigenvalue weighted by Gasteiger charge is 2.26. The molecule has 1 amide bonds. The van der Waals surface area contributed by atoms with E-state index in [1.807, 2.05) is 18.3 Å². The summed E-state index contributed by atoms with van der Waals surface area (Å²) < 4.78 is 16.0. The molecule has 0 radical (unpaired) electrons. The van der Waals surface area contributed by atoms with Gasteiger partial charge in [-0.25, -0.2) is 0 Å². The highest BCUT2D eigenvalue weighted by molar-refractivity contribution is 7.80. The molecule has 3 rings (SSSR count). The second-order valence-electron chi connectivity index (χ2n) is 7.08. The maximum atomic E-state index is 12.5. The molecule has 1 aliphatic heterocycles. The maximum Gasteiger partial charge on any atom is 0.250 e. The summed E-state index contributed by atoms with van der Waals surface area (Å²) in [6, 6.07) is 7.63. The van der Waals surface area contributed by atoms with Gasteiger partial charge in [0.25, 0.3) is 0 Å². The molecule has 0 aliphatic carbocycles. The number of nitrogens with one attached hydrogen (secondary N) is 1. The fourth-order valence-electron chi connectivity index (χ4n) is 3.68. The highest BCUT2D eigenvalue weighted by Crippen LogP contribution is 2.38. The number of aromatic nitrogens is 1. The van der Waals surface area contributed by atoms with Gasteiger partial charge in [-0.3, -0.25) is 15.1 Å². The van der Waals surface area contributed by atoms with Crippen LogP contribution in [0.5, 0.6) is 17.2 Å². The highest BCUT2D eigenvalue weighted by atomic mass is 32.1. The smallest absolute Gasteiger partial charge is 0.250 e. The lowest BCUT2D eigenvalue weighted by Crippen LogP contribution is -2.46. The number of rotatable bonds is 6. The van der Waals surface area contributed by atoms with E-state index in [0.29, 0.717) is 22.4 Å². The number of hydrogen-bond acceptors (Lipinski definition) is 6. The van der Waals surface area contributed by atoms with E-state index in [4.69, 9.17) is 26.4 Å². The van der Waals surface area contributed by atoms with Crippen LogP contribution < -0.4 is 19.5 Å². The summed E-state index contributed by atoms with van der Waals surface area (Å²) in [7, 11) is 4.64. The van der Waals surface area contributed by atoms with Gasteiger partial charge >= 0.3 is 0 Å². The molecule has 1 aromatic carbocycles. The molecule has 1 atom stereocenters. The molecule has 2 heterocycles. The summed E-state index contributed by atoms with van der Waals surface area (Å²) in [6.45, 7) is 0.801. The molecular formula is C23H27N3O4S. The van der Waals surface area contributed by atoms with Gasteiger partial charge in [-0.2, -0.15) is 0 Å². The second kappa shape index (κ2) is 10.8. The van der Waals surface area contributed by atoms with Crippen molar-refractivity contribution in [1.82, 2.24) is 15.2 Å². The van der Waals surface area contributed by atoms with Gasteiger partial charge in [-0.15, -0.1) is 0 Å². The Morgan fingerprint density at radius 2 is 1.94 bits per heavy atom. The van der Waals surface area contributed by atoms with Gasteiger partial charge in [0.05, 0.1) is 27.4 Å². The van der Waals surface area contributed by atoms with Gasteiger partial charge in [0.1, 0.15) is 0 Å². The number of piperidine rings is 1. The number of nitrogens with zero attached hydrogens (tertiary/aromatic N) is 2. The van der Waals surface area contributed by atoms with Crippen LogP contribution in [-0.2, 0) is 4.79 Å². The minimum absolute atomic E-state index is 0.120. The van der Waals surface area contributed by atoms with Gasteiger partial charge < -0.3 is 19.1 Å². The van der Waals surface area contributed by atoms with Crippen LogP contribution in [0.3, 0.4) is 0 Å². The first-order chi connectivity index (χ1) is 15.1. The van der Waals surface area contributed by atoms with Crippen molar-refractivity contribution in [3.05, 3.63) is 53.9 Å². The number of benzene rings is 1. The largest absolute Gasteiger partial charge is 0.493 e. The van der Waals surface area contributed by atoms with Crippen molar-refractivity contribution >= 4 is 29.3 Å². The minimum atomic E-state index is -0.297. The third kappa shape index (κ3) is 5.52. The number of hydrogen-bond donors (Lipinski definition) is 1. The van der Waals surface area contributed by atoms with Crippen LogP contribution in [-0.4, -0.2) is 48.8 Å². The molecule has 7 nitrogen and oxygen atoms in total. The third-order valence-corrected chi connectivity index (χ3v) is 5.51. The molecule has 1 saturated heterocycles. The molecule has 1 fully saturated rings. The van der Waals surface area contributed by atoms with E-state index in [0.717, 1.165) is 36.9 Å². The van der Waals surface area contributed by atoms with Crippen LogP contribution in [0.4, 0.5) is 0 Å². The summed E-state index contributed by atoms with van der Waals surface area (Å²) >= 11 is 5.55. The van der Waals surface area contributed by atoms with E-state index in [1.165, 1.54) is 6.08 Å². The first kappa shape index (κ1) is 22.6. The number of carbonyl (C=O) groups is 1. The second-order valence-corrected chi connectivity index (χ2v) is 7.46. The van der Waals surface area contributed by atoms with Gasteiger partial charge in [0, 0.05) is 25.0 Å². The Morgan fingerprint density at radius 3 is 2.55 bits per heavy atom. The predicted molar refractivity (Wildman–Crippen MR) is 123 cm³/mol. The summed E-state index contributed by atoms with van der Waals surface area (Å²) in [5.74, 6) is 1.24. The molecule has 1 N–H and O–H groups in total. The number of carbonyl (C=O) groups excluding carboxylic acids is 1. The van der Waals surface area contributed by atoms with E-state index in [-0.39, 0.29) is 11.9 Å². The topological polar surface area (TPSA) is 72.9 Å². The summed E-state index contributed by atoms with van der Waals surface area (Å²) in [6.07, 6.45) is 9.86. The van der Waals surface area contributed by atoms with Crippen LogP contribution in [0.2, 0.25) is 0 Å². The van der Waals surface area contributed by atoms with E-state index < -0.39 is 0 Å². The summed E-state index contributed by atoms with van der Waals surface area (Å²) in [5, 5.41) is 3.25. The van der Waals surface area contributed by atoms with Gasteiger partial charge in [0.15, 0.2) is 16.6 Å². The number of pyridine rings is 1. The van der Waals surface area contributed by atoms with Crippen molar-refractivity contribution in [3.63, 3.8) is 0 Å². The minimum Gasteiger partial charge on any atom is -0.493 e. The normalized spacial score (nSPS) is 16.1. The van der Waals surface area contributed by atoms with Crippen molar-refractivity contribution in [2.75, 3.05) is 27.9 Å². The Hall–Kier alpha value is -3.13. The SMILES string of the molecule is COc1cc(/C=C/C(=O)NC(=S)N2CCCCC2c2cccnc2)cc(OC)c1OC. The zero-order valence-corrected chi connectivity index (χ0v) is 18.8. The number of likely N-dealkylation sites (tertiary alicyclic amines) is 1. The average Bonchev–Trinajstić information content (AvgIpc) is 2.82. The Kier molecular flexibility index (Phi) is 7.83.